The van der Waals surface area contributed by atoms with E-state index in [-0.39, 0.29) is 11.7 Å². The van der Waals surface area contributed by atoms with Gasteiger partial charge in [-0.15, -0.1) is 0 Å². The molecule has 1 aliphatic heterocycles. The van der Waals surface area contributed by atoms with Crippen LogP contribution in [0.3, 0.4) is 0 Å². The largest absolute Gasteiger partial charge is 0.351 e. The maximum Gasteiger partial charge on any atom is 0.253 e. The third kappa shape index (κ3) is 3.84. The Morgan fingerprint density at radius 2 is 1.35 bits per heavy atom. The van der Waals surface area contributed by atoms with Crippen molar-refractivity contribution in [3.63, 3.8) is 0 Å². The van der Waals surface area contributed by atoms with Gasteiger partial charge in [0.05, 0.1) is 11.0 Å². The van der Waals surface area contributed by atoms with Gasteiger partial charge in [-0.05, 0) is 36.4 Å². The zero-order chi connectivity index (χ0) is 21.2. The molecule has 154 valence electrons. The van der Waals surface area contributed by atoms with Gasteiger partial charge in [0.25, 0.3) is 5.91 Å². The van der Waals surface area contributed by atoms with Gasteiger partial charge in [-0.3, -0.25) is 4.79 Å². The number of hydrogen-bond acceptors (Lipinski definition) is 4. The van der Waals surface area contributed by atoms with Gasteiger partial charge in [0, 0.05) is 37.3 Å². The number of nitrogens with zero attached hydrogens (tertiary/aromatic N) is 4. The first-order valence-corrected chi connectivity index (χ1v) is 10.3. The van der Waals surface area contributed by atoms with Crippen LogP contribution in [-0.2, 0) is 0 Å². The summed E-state index contributed by atoms with van der Waals surface area (Å²) in [5.74, 6) is 0.413. The van der Waals surface area contributed by atoms with Gasteiger partial charge in [-0.2, -0.15) is 0 Å². The Balaban J connectivity index is 1.42. The molecular weight excluding hydrogens is 391 g/mol. The molecule has 3 aromatic carbocycles. The monoisotopic (exact) mass is 412 g/mol. The van der Waals surface area contributed by atoms with Crippen molar-refractivity contribution < 1.29 is 9.18 Å². The molecule has 31 heavy (non-hydrogen) atoms. The van der Waals surface area contributed by atoms with Crippen LogP contribution in [0.5, 0.6) is 0 Å². The van der Waals surface area contributed by atoms with Crippen LogP contribution in [0.4, 0.5) is 10.2 Å². The van der Waals surface area contributed by atoms with Gasteiger partial charge < -0.3 is 9.80 Å². The van der Waals surface area contributed by atoms with Crippen LogP contribution in [0.2, 0.25) is 0 Å². The predicted molar refractivity (Wildman–Crippen MR) is 119 cm³/mol. The molecule has 0 saturated carbocycles. The smallest absolute Gasteiger partial charge is 0.253 e. The summed E-state index contributed by atoms with van der Waals surface area (Å²) in [6.07, 6.45) is 0. The molecule has 0 radical (unpaired) electrons. The minimum Gasteiger partial charge on any atom is -0.351 e. The van der Waals surface area contributed by atoms with Crippen molar-refractivity contribution in [1.82, 2.24) is 14.9 Å². The molecule has 2 heterocycles. The van der Waals surface area contributed by atoms with Gasteiger partial charge in [-0.1, -0.05) is 42.5 Å². The number of amides is 1. The Morgan fingerprint density at radius 3 is 2.03 bits per heavy atom. The molecule has 1 aliphatic rings. The SMILES string of the molecule is O=C(c1ccc(F)cc1)N1CCN(c2nc3ccccc3nc2-c2ccccc2)CC1. The molecular formula is C25H21FN4O. The highest BCUT2D eigenvalue weighted by molar-refractivity contribution is 5.94. The highest BCUT2D eigenvalue weighted by Gasteiger charge is 2.25. The number of para-hydroxylation sites is 2. The summed E-state index contributed by atoms with van der Waals surface area (Å²) < 4.78 is 13.2. The molecule has 1 aromatic heterocycles. The third-order valence-electron chi connectivity index (χ3n) is 5.56. The number of fused-ring (bicyclic) bond motifs is 1. The van der Waals surface area contributed by atoms with Crippen molar-refractivity contribution in [2.24, 2.45) is 0 Å². The zero-order valence-electron chi connectivity index (χ0n) is 16.9. The van der Waals surface area contributed by atoms with Crippen LogP contribution < -0.4 is 4.90 Å². The van der Waals surface area contributed by atoms with Crippen molar-refractivity contribution >= 4 is 22.8 Å². The maximum absolute atomic E-state index is 13.2. The minimum atomic E-state index is -0.343. The lowest BCUT2D eigenvalue weighted by atomic mass is 10.1. The molecule has 0 unspecified atom stereocenters. The van der Waals surface area contributed by atoms with Crippen LogP contribution in [0.15, 0.2) is 78.9 Å². The molecule has 5 nitrogen and oxygen atoms in total. The summed E-state index contributed by atoms with van der Waals surface area (Å²) in [6.45, 7) is 2.44. The second-order valence-corrected chi connectivity index (χ2v) is 7.54. The fourth-order valence-corrected chi connectivity index (χ4v) is 3.90. The average molecular weight is 412 g/mol. The van der Waals surface area contributed by atoms with Gasteiger partial charge in [0.15, 0.2) is 5.82 Å². The quantitative estimate of drug-likeness (QED) is 0.501. The number of benzene rings is 3. The number of hydrogen-bond donors (Lipinski definition) is 0. The molecule has 1 saturated heterocycles. The molecule has 0 atom stereocenters. The molecule has 6 heteroatoms. The molecule has 1 amide bonds. The molecule has 0 bridgehead atoms. The van der Waals surface area contributed by atoms with Crippen LogP contribution in [0, 0.1) is 5.82 Å². The zero-order valence-corrected chi connectivity index (χ0v) is 16.9. The first kappa shape index (κ1) is 19.2. The van der Waals surface area contributed by atoms with Crippen LogP contribution in [0.1, 0.15) is 10.4 Å². The second-order valence-electron chi connectivity index (χ2n) is 7.54. The topological polar surface area (TPSA) is 49.3 Å². The number of aromatic nitrogens is 2. The average Bonchev–Trinajstić information content (AvgIpc) is 2.84. The lowest BCUT2D eigenvalue weighted by Gasteiger charge is -2.36. The van der Waals surface area contributed by atoms with E-state index in [4.69, 9.17) is 9.97 Å². The lowest BCUT2D eigenvalue weighted by molar-refractivity contribution is 0.0746. The summed E-state index contributed by atoms with van der Waals surface area (Å²) in [4.78, 5) is 26.6. The van der Waals surface area contributed by atoms with Gasteiger partial charge in [0.2, 0.25) is 0 Å². The van der Waals surface area contributed by atoms with Crippen molar-refractivity contribution in [2.45, 2.75) is 0 Å². The van der Waals surface area contributed by atoms with E-state index in [0.29, 0.717) is 31.7 Å². The Hall–Kier alpha value is -3.80. The number of carbonyl (C=O) groups excluding carboxylic acids is 1. The van der Waals surface area contributed by atoms with Gasteiger partial charge in [-0.25, -0.2) is 14.4 Å². The standard InChI is InChI=1S/C25H21FN4O/c26-20-12-10-19(11-13-20)25(31)30-16-14-29(15-17-30)24-23(18-6-2-1-3-7-18)27-21-8-4-5-9-22(21)28-24/h1-13H,14-17H2. The predicted octanol–water partition coefficient (Wildman–Crippen LogP) is 4.40. The van der Waals surface area contributed by atoms with Crippen molar-refractivity contribution in [2.75, 3.05) is 31.1 Å². The van der Waals surface area contributed by atoms with Gasteiger partial charge >= 0.3 is 0 Å². The molecule has 0 N–H and O–H groups in total. The summed E-state index contributed by atoms with van der Waals surface area (Å²) in [5.41, 5.74) is 4.07. The lowest BCUT2D eigenvalue weighted by Crippen LogP contribution is -2.49. The summed E-state index contributed by atoms with van der Waals surface area (Å²) in [5, 5.41) is 0. The summed E-state index contributed by atoms with van der Waals surface area (Å²) >= 11 is 0. The van der Waals surface area contributed by atoms with Crippen molar-refractivity contribution in [3.05, 3.63) is 90.2 Å². The number of anilines is 1. The van der Waals surface area contributed by atoms with Crippen molar-refractivity contribution in [3.8, 4) is 11.3 Å². The molecule has 0 spiro atoms. The highest BCUT2D eigenvalue weighted by Crippen LogP contribution is 2.30. The summed E-state index contributed by atoms with van der Waals surface area (Å²) in [6, 6.07) is 23.6. The van der Waals surface area contributed by atoms with E-state index in [2.05, 4.69) is 4.90 Å². The van der Waals surface area contributed by atoms with E-state index < -0.39 is 0 Å². The minimum absolute atomic E-state index is 0.0764. The third-order valence-corrected chi connectivity index (χ3v) is 5.56. The maximum atomic E-state index is 13.2. The normalized spacial score (nSPS) is 14.1. The van der Waals surface area contributed by atoms with E-state index >= 15 is 0 Å². The molecule has 1 fully saturated rings. The van der Waals surface area contributed by atoms with Crippen LogP contribution in [0.25, 0.3) is 22.3 Å². The fraction of sp³-hybridized carbons (Fsp3) is 0.160. The molecule has 5 rings (SSSR count). The second kappa shape index (κ2) is 8.14. The molecule has 0 aliphatic carbocycles. The number of carbonyl (C=O) groups is 1. The first-order chi connectivity index (χ1) is 15.2. The van der Waals surface area contributed by atoms with E-state index in [9.17, 15) is 9.18 Å². The van der Waals surface area contributed by atoms with Gasteiger partial charge in [0.1, 0.15) is 11.5 Å². The Bertz CT molecular complexity index is 1220. The number of piperazine rings is 1. The van der Waals surface area contributed by atoms with E-state index in [0.717, 1.165) is 28.1 Å². The van der Waals surface area contributed by atoms with Crippen LogP contribution in [-0.4, -0.2) is 47.0 Å². The first-order valence-electron chi connectivity index (χ1n) is 10.3. The highest BCUT2D eigenvalue weighted by atomic mass is 19.1. The fourth-order valence-electron chi connectivity index (χ4n) is 3.90. The molecule has 4 aromatic rings. The Kier molecular flexibility index (Phi) is 5.04. The van der Waals surface area contributed by atoms with E-state index in [1.54, 1.807) is 4.90 Å². The number of halogens is 1. The number of rotatable bonds is 3. The van der Waals surface area contributed by atoms with Crippen molar-refractivity contribution in [1.29, 1.82) is 0 Å². The summed E-state index contributed by atoms with van der Waals surface area (Å²) in [7, 11) is 0. The van der Waals surface area contributed by atoms with E-state index in [1.165, 1.54) is 24.3 Å². The Morgan fingerprint density at radius 1 is 0.742 bits per heavy atom. The van der Waals surface area contributed by atoms with Crippen LogP contribution >= 0.6 is 0 Å². The van der Waals surface area contributed by atoms with E-state index in [1.807, 2.05) is 54.6 Å². The Labute approximate surface area is 179 Å².